The molecule has 3 saturated heterocycles. The van der Waals surface area contributed by atoms with Gasteiger partial charge in [0.2, 0.25) is 0 Å². The van der Waals surface area contributed by atoms with Crippen LogP contribution in [-0.4, -0.2) is 186 Å². The lowest BCUT2D eigenvalue weighted by Gasteiger charge is -2.69. The Morgan fingerprint density at radius 3 is 1.74 bits per heavy atom. The van der Waals surface area contributed by atoms with Crippen LogP contribution < -0.4 is 0 Å². The van der Waals surface area contributed by atoms with Crippen LogP contribution in [0.4, 0.5) is 0 Å². The normalized spacial score (nSPS) is 51.2. The van der Waals surface area contributed by atoms with Gasteiger partial charge in [-0.25, -0.2) is 0 Å². The van der Waals surface area contributed by atoms with Gasteiger partial charge in [-0.05, 0) is 125 Å². The Bertz CT molecular complexity index is 1690. The molecular formula is C48H80O18. The molecule has 0 aromatic carbocycles. The van der Waals surface area contributed by atoms with Crippen molar-refractivity contribution < 1.29 is 89.4 Å². The molecule has 7 fully saturated rings. The third-order valence-corrected chi connectivity index (χ3v) is 18.6. The first-order chi connectivity index (χ1) is 31.0. The summed E-state index contributed by atoms with van der Waals surface area (Å²) in [6.45, 7) is 13.1. The van der Waals surface area contributed by atoms with Gasteiger partial charge < -0.3 is 89.4 Å². The zero-order chi connectivity index (χ0) is 48.5. The van der Waals surface area contributed by atoms with Crippen LogP contribution in [0.5, 0.6) is 0 Å². The van der Waals surface area contributed by atoms with Gasteiger partial charge in [-0.3, -0.25) is 0 Å². The first-order valence-corrected chi connectivity index (χ1v) is 24.3. The molecule has 66 heavy (non-hydrogen) atoms. The Kier molecular flexibility index (Phi) is 15.7. The molecule has 0 bridgehead atoms. The molecule has 7 rings (SSSR count). The van der Waals surface area contributed by atoms with E-state index in [-0.39, 0.29) is 34.5 Å². The van der Waals surface area contributed by atoms with Crippen LogP contribution >= 0.6 is 0 Å². The van der Waals surface area contributed by atoms with Gasteiger partial charge in [0, 0.05) is 5.41 Å². The summed E-state index contributed by atoms with van der Waals surface area (Å²) >= 11 is 0. The van der Waals surface area contributed by atoms with E-state index in [1.165, 1.54) is 6.29 Å². The number of rotatable bonds is 14. The summed E-state index contributed by atoms with van der Waals surface area (Å²) in [7, 11) is 0. The number of carbonyl (C=O) groups is 1. The van der Waals surface area contributed by atoms with E-state index < -0.39 is 134 Å². The van der Waals surface area contributed by atoms with Crippen molar-refractivity contribution in [1.82, 2.24) is 0 Å². The molecule has 0 spiro atoms. The van der Waals surface area contributed by atoms with Gasteiger partial charge >= 0.3 is 0 Å². The molecule has 0 amide bonds. The lowest BCUT2D eigenvalue weighted by atomic mass is 9.35. The standard InChI is InChI=1S/C48H80O18/c1-23(2)9-8-15-47(7,66-42-39(60)36(57)33(54)27(20-50)62-42)25-12-16-45(5)24(25)10-11-30-46(45,6)17-13-29-44(3,4)31(14-18-48(29,30)22-52)64-43-40(37(58)34(55)28(21-51)63-43)65-41-38(59)35(56)32(53)26(19-49)61-41/h9,22,24-43,49-51,53-60H,8,10-21H2,1-7H3/t24-,25+,26+,27+,28+,29-,30+,31-,32+,33+,34+,35-,36-,37-,38+,39+,40+,41-,42-,43-,45+,46+,47-,48+/m0/s1. The van der Waals surface area contributed by atoms with Crippen LogP contribution in [0.15, 0.2) is 11.6 Å². The van der Waals surface area contributed by atoms with E-state index in [1.807, 2.05) is 13.8 Å². The molecule has 4 aliphatic carbocycles. The summed E-state index contributed by atoms with van der Waals surface area (Å²) in [4.78, 5) is 14.0. The summed E-state index contributed by atoms with van der Waals surface area (Å²) in [5.74, 6) is 0.0827. The SMILES string of the molecule is CC(C)=CCC[C@](C)(O[C@@H]1O[C@H](CO)[C@@H](O)[C@H](O)[C@H]1O)[C@@H]1CC[C@]2(C)[C@H]1CC[C@H]1[C@@]3(C=O)CC[C@H](O[C@@H]4O[C@H](CO)[C@@H](O)[C@H](O)[C@H]4O[C@@H]4O[C@H](CO)[C@@H](O)[C@H](O)[C@H]4O)C(C)(C)[C@@H]3CC[C@]12C. The van der Waals surface area contributed by atoms with Gasteiger partial charge in [0.1, 0.15) is 79.5 Å². The number of carbonyl (C=O) groups excluding carboxylic acids is 1. The summed E-state index contributed by atoms with van der Waals surface area (Å²) < 4.78 is 37.1. The number of aldehydes is 1. The van der Waals surface area contributed by atoms with E-state index in [0.717, 1.165) is 37.7 Å². The van der Waals surface area contributed by atoms with E-state index in [1.54, 1.807) is 0 Å². The monoisotopic (exact) mass is 945 g/mol. The van der Waals surface area contributed by atoms with Gasteiger partial charge in [0.15, 0.2) is 18.9 Å². The van der Waals surface area contributed by atoms with Crippen LogP contribution in [0.25, 0.3) is 0 Å². The molecule has 18 heteroatoms. The van der Waals surface area contributed by atoms with Crippen molar-refractivity contribution >= 4 is 6.29 Å². The molecule has 380 valence electrons. The van der Waals surface area contributed by atoms with Crippen molar-refractivity contribution in [3.8, 4) is 0 Å². The van der Waals surface area contributed by atoms with Crippen LogP contribution in [0, 0.1) is 45.3 Å². The molecule has 0 aromatic rings. The molecule has 0 unspecified atom stereocenters. The van der Waals surface area contributed by atoms with Crippen molar-refractivity contribution in [2.45, 2.75) is 216 Å². The highest BCUT2D eigenvalue weighted by molar-refractivity contribution is 5.62. The Balaban J connectivity index is 1.13. The minimum atomic E-state index is -1.81. The minimum absolute atomic E-state index is 0.0220. The average Bonchev–Trinajstić information content (AvgIpc) is 3.65. The maximum atomic E-state index is 14.0. The molecule has 24 atom stereocenters. The average molecular weight is 945 g/mol. The topological polar surface area (TPSA) is 295 Å². The first kappa shape index (κ1) is 52.6. The predicted octanol–water partition coefficient (Wildman–Crippen LogP) is 0.181. The summed E-state index contributed by atoms with van der Waals surface area (Å²) in [5, 5.41) is 116. The molecule has 4 saturated carbocycles. The van der Waals surface area contributed by atoms with Crippen LogP contribution in [0.3, 0.4) is 0 Å². The van der Waals surface area contributed by atoms with Crippen LogP contribution in [0.2, 0.25) is 0 Å². The quantitative estimate of drug-likeness (QED) is 0.0629. The third-order valence-electron chi connectivity index (χ3n) is 18.6. The Morgan fingerprint density at radius 2 is 1.17 bits per heavy atom. The van der Waals surface area contributed by atoms with Crippen LogP contribution in [0.1, 0.15) is 113 Å². The van der Waals surface area contributed by atoms with Crippen molar-refractivity contribution in [2.75, 3.05) is 19.8 Å². The highest BCUT2D eigenvalue weighted by atomic mass is 16.8. The predicted molar refractivity (Wildman–Crippen MR) is 233 cm³/mol. The number of hydrogen-bond donors (Lipinski definition) is 11. The molecule has 18 nitrogen and oxygen atoms in total. The van der Waals surface area contributed by atoms with Gasteiger partial charge in [-0.15, -0.1) is 0 Å². The van der Waals surface area contributed by atoms with E-state index in [0.29, 0.717) is 32.1 Å². The van der Waals surface area contributed by atoms with Gasteiger partial charge in [0.05, 0.1) is 31.5 Å². The van der Waals surface area contributed by atoms with Gasteiger partial charge in [-0.2, -0.15) is 0 Å². The largest absolute Gasteiger partial charge is 0.394 e. The minimum Gasteiger partial charge on any atom is -0.394 e. The zero-order valence-corrected chi connectivity index (χ0v) is 39.7. The Morgan fingerprint density at radius 1 is 0.621 bits per heavy atom. The smallest absolute Gasteiger partial charge is 0.187 e. The second-order valence-corrected chi connectivity index (χ2v) is 22.5. The zero-order valence-electron chi connectivity index (χ0n) is 39.7. The third kappa shape index (κ3) is 8.70. The fraction of sp³-hybridized carbons (Fsp3) is 0.938. The number of allylic oxidation sites excluding steroid dienone is 2. The van der Waals surface area contributed by atoms with Gasteiger partial charge in [0.25, 0.3) is 0 Å². The van der Waals surface area contributed by atoms with E-state index in [4.69, 9.17) is 28.4 Å². The number of aliphatic hydroxyl groups excluding tert-OH is 11. The number of fused-ring (bicyclic) bond motifs is 5. The molecule has 0 aromatic heterocycles. The highest BCUT2D eigenvalue weighted by Gasteiger charge is 2.71. The first-order valence-electron chi connectivity index (χ1n) is 24.3. The van der Waals surface area contributed by atoms with Crippen molar-refractivity contribution in [2.24, 2.45) is 45.3 Å². The summed E-state index contributed by atoms with van der Waals surface area (Å²) in [6, 6.07) is 0. The molecule has 0 radical (unpaired) electrons. The van der Waals surface area contributed by atoms with Gasteiger partial charge in [-0.1, -0.05) is 39.3 Å². The fourth-order valence-corrected chi connectivity index (χ4v) is 14.7. The maximum absolute atomic E-state index is 14.0. The van der Waals surface area contributed by atoms with Crippen LogP contribution in [-0.2, 0) is 33.2 Å². The van der Waals surface area contributed by atoms with Crippen molar-refractivity contribution in [3.63, 3.8) is 0 Å². The second-order valence-electron chi connectivity index (χ2n) is 22.5. The Labute approximate surface area is 388 Å². The molecule has 11 N–H and O–H groups in total. The molecule has 3 aliphatic heterocycles. The molecule has 7 aliphatic rings. The number of ether oxygens (including phenoxy) is 6. The lowest BCUT2D eigenvalue weighted by molar-refractivity contribution is -0.378. The molecule has 3 heterocycles. The second kappa shape index (κ2) is 19.7. The molecular weight excluding hydrogens is 865 g/mol. The van der Waals surface area contributed by atoms with Crippen molar-refractivity contribution in [1.29, 1.82) is 0 Å². The summed E-state index contributed by atoms with van der Waals surface area (Å²) in [6.07, 6.45) is -12.9. The number of hydrogen-bond acceptors (Lipinski definition) is 18. The number of aliphatic hydroxyl groups is 11. The highest BCUT2D eigenvalue weighted by Crippen LogP contribution is 2.76. The van der Waals surface area contributed by atoms with E-state index in [2.05, 4.69) is 40.7 Å². The van der Waals surface area contributed by atoms with E-state index >= 15 is 0 Å². The Hall–Kier alpha value is -1.27. The maximum Gasteiger partial charge on any atom is 0.187 e. The lowest BCUT2D eigenvalue weighted by Crippen LogP contribution is -2.67. The fourth-order valence-electron chi connectivity index (χ4n) is 14.7. The van der Waals surface area contributed by atoms with E-state index in [9.17, 15) is 61.0 Å². The van der Waals surface area contributed by atoms with Crippen molar-refractivity contribution in [3.05, 3.63) is 11.6 Å². The summed E-state index contributed by atoms with van der Waals surface area (Å²) in [5.41, 5.74) is -1.52.